The lowest BCUT2D eigenvalue weighted by Crippen LogP contribution is -2.39. The molecule has 0 atom stereocenters. The van der Waals surface area contributed by atoms with Gasteiger partial charge in [-0.25, -0.2) is 9.78 Å². The molecule has 0 aliphatic heterocycles. The van der Waals surface area contributed by atoms with Gasteiger partial charge in [0.25, 0.3) is 0 Å². The number of nitrogens with one attached hydrogen (secondary N) is 2. The van der Waals surface area contributed by atoms with E-state index in [-0.39, 0.29) is 18.5 Å². The van der Waals surface area contributed by atoms with E-state index in [1.54, 1.807) is 13.1 Å². The highest BCUT2D eigenvalue weighted by molar-refractivity contribution is 5.73. The first-order chi connectivity index (χ1) is 10.0. The number of carboxylic acid groups (broad SMARTS) is 1. The Balaban J connectivity index is 1.62. The molecule has 0 spiro atoms. The Morgan fingerprint density at radius 1 is 1.33 bits per heavy atom. The van der Waals surface area contributed by atoms with Gasteiger partial charge in [-0.2, -0.15) is 0 Å². The number of hydrogen-bond acceptors (Lipinski definition) is 4. The van der Waals surface area contributed by atoms with Gasteiger partial charge in [0.15, 0.2) is 0 Å². The Morgan fingerprint density at radius 3 is 2.62 bits per heavy atom. The lowest BCUT2D eigenvalue weighted by atomic mass is 9.82. The zero-order valence-electron chi connectivity index (χ0n) is 12.1. The SMILES string of the molecule is Cc1cnc(CNC(=O)NCC2CCC(C(=O)O)CC2)o1. The lowest BCUT2D eigenvalue weighted by Gasteiger charge is -2.26. The molecular weight excluding hydrogens is 274 g/mol. The van der Waals surface area contributed by atoms with E-state index in [1.807, 2.05) is 0 Å². The van der Waals surface area contributed by atoms with Crippen LogP contribution in [0.5, 0.6) is 0 Å². The van der Waals surface area contributed by atoms with E-state index in [0.717, 1.165) is 12.8 Å². The highest BCUT2D eigenvalue weighted by atomic mass is 16.4. The Morgan fingerprint density at radius 2 is 2.05 bits per heavy atom. The number of aryl methyl sites for hydroxylation is 1. The minimum Gasteiger partial charge on any atom is -0.481 e. The van der Waals surface area contributed by atoms with Crippen LogP contribution < -0.4 is 10.6 Å². The molecule has 1 aliphatic rings. The number of carbonyl (C=O) groups is 2. The molecule has 0 saturated heterocycles. The van der Waals surface area contributed by atoms with E-state index < -0.39 is 5.97 Å². The molecule has 0 radical (unpaired) electrons. The summed E-state index contributed by atoms with van der Waals surface area (Å²) in [6.45, 7) is 2.62. The van der Waals surface area contributed by atoms with Crippen LogP contribution in [-0.2, 0) is 11.3 Å². The van der Waals surface area contributed by atoms with Crippen molar-refractivity contribution in [2.45, 2.75) is 39.2 Å². The van der Waals surface area contributed by atoms with Crippen LogP contribution in [0, 0.1) is 18.8 Å². The van der Waals surface area contributed by atoms with E-state index >= 15 is 0 Å². The fourth-order valence-corrected chi connectivity index (χ4v) is 2.55. The van der Waals surface area contributed by atoms with Gasteiger partial charge in [0.2, 0.25) is 5.89 Å². The normalized spacial score (nSPS) is 21.8. The van der Waals surface area contributed by atoms with Crippen molar-refractivity contribution in [1.29, 1.82) is 0 Å². The first-order valence-corrected chi connectivity index (χ1v) is 7.20. The van der Waals surface area contributed by atoms with Crippen LogP contribution >= 0.6 is 0 Å². The van der Waals surface area contributed by atoms with E-state index in [0.29, 0.717) is 37.0 Å². The number of rotatable bonds is 5. The quantitative estimate of drug-likeness (QED) is 0.766. The topological polar surface area (TPSA) is 104 Å². The Hall–Kier alpha value is -2.05. The number of carboxylic acids is 1. The largest absolute Gasteiger partial charge is 0.481 e. The van der Waals surface area contributed by atoms with Gasteiger partial charge < -0.3 is 20.2 Å². The molecule has 3 N–H and O–H groups in total. The molecule has 0 unspecified atom stereocenters. The molecule has 116 valence electrons. The third-order valence-electron chi connectivity index (χ3n) is 3.82. The number of urea groups is 1. The van der Waals surface area contributed by atoms with E-state index in [1.165, 1.54) is 0 Å². The van der Waals surface area contributed by atoms with Crippen molar-refractivity contribution in [2.24, 2.45) is 11.8 Å². The molecule has 2 amide bonds. The van der Waals surface area contributed by atoms with Crippen molar-refractivity contribution in [2.75, 3.05) is 6.54 Å². The molecule has 7 heteroatoms. The number of nitrogens with zero attached hydrogens (tertiary/aromatic N) is 1. The lowest BCUT2D eigenvalue weighted by molar-refractivity contribution is -0.143. The summed E-state index contributed by atoms with van der Waals surface area (Å²) >= 11 is 0. The summed E-state index contributed by atoms with van der Waals surface area (Å²) in [4.78, 5) is 26.5. The third-order valence-corrected chi connectivity index (χ3v) is 3.82. The van der Waals surface area contributed by atoms with Crippen LogP contribution in [0.4, 0.5) is 4.79 Å². The van der Waals surface area contributed by atoms with Crippen molar-refractivity contribution in [1.82, 2.24) is 15.6 Å². The van der Waals surface area contributed by atoms with Crippen LogP contribution in [0.15, 0.2) is 10.6 Å². The standard InChI is InChI=1S/C14H21N3O4/c1-9-6-15-12(21-9)8-17-14(20)16-7-10-2-4-11(5-3-10)13(18)19/h6,10-11H,2-5,7-8H2,1H3,(H,18,19)(H2,16,17,20). The van der Waals surface area contributed by atoms with Gasteiger partial charge in [0, 0.05) is 6.54 Å². The van der Waals surface area contributed by atoms with Gasteiger partial charge in [-0.1, -0.05) is 0 Å². The highest BCUT2D eigenvalue weighted by Crippen LogP contribution is 2.28. The molecule has 1 aromatic heterocycles. The highest BCUT2D eigenvalue weighted by Gasteiger charge is 2.25. The summed E-state index contributed by atoms with van der Waals surface area (Å²) in [5.41, 5.74) is 0. The van der Waals surface area contributed by atoms with Gasteiger partial charge in [-0.05, 0) is 38.5 Å². The number of hydrogen-bond donors (Lipinski definition) is 3. The van der Waals surface area contributed by atoms with Crippen molar-refractivity contribution in [3.63, 3.8) is 0 Å². The van der Waals surface area contributed by atoms with E-state index in [4.69, 9.17) is 9.52 Å². The number of aromatic nitrogens is 1. The first kappa shape index (κ1) is 15.3. The van der Waals surface area contributed by atoms with Crippen molar-refractivity contribution in [3.8, 4) is 0 Å². The maximum Gasteiger partial charge on any atom is 0.315 e. The predicted octanol–water partition coefficient (Wildman–Crippen LogP) is 1.67. The van der Waals surface area contributed by atoms with E-state index in [9.17, 15) is 9.59 Å². The monoisotopic (exact) mass is 295 g/mol. The Kier molecular flexibility index (Phi) is 5.19. The molecule has 1 saturated carbocycles. The fraction of sp³-hybridized carbons (Fsp3) is 0.643. The fourth-order valence-electron chi connectivity index (χ4n) is 2.55. The van der Waals surface area contributed by atoms with Gasteiger partial charge in [-0.3, -0.25) is 4.79 Å². The minimum absolute atomic E-state index is 0.219. The Bertz CT molecular complexity index is 492. The van der Waals surface area contributed by atoms with Crippen molar-refractivity contribution < 1.29 is 19.1 Å². The summed E-state index contributed by atoms with van der Waals surface area (Å²) in [7, 11) is 0. The summed E-state index contributed by atoms with van der Waals surface area (Å²) < 4.78 is 5.25. The van der Waals surface area contributed by atoms with Gasteiger partial charge in [-0.15, -0.1) is 0 Å². The second-order valence-corrected chi connectivity index (χ2v) is 5.48. The molecule has 1 heterocycles. The minimum atomic E-state index is -0.708. The summed E-state index contributed by atoms with van der Waals surface area (Å²) in [6, 6.07) is -0.258. The smallest absolute Gasteiger partial charge is 0.315 e. The van der Waals surface area contributed by atoms with Crippen LogP contribution in [0.3, 0.4) is 0 Å². The second-order valence-electron chi connectivity index (χ2n) is 5.48. The average molecular weight is 295 g/mol. The third kappa shape index (κ3) is 4.77. The number of oxazole rings is 1. The summed E-state index contributed by atoms with van der Waals surface area (Å²) in [6.07, 6.45) is 4.68. The van der Waals surface area contributed by atoms with Gasteiger partial charge >= 0.3 is 12.0 Å². The van der Waals surface area contributed by atoms with Gasteiger partial charge in [0.05, 0.1) is 18.7 Å². The van der Waals surface area contributed by atoms with Crippen molar-refractivity contribution >= 4 is 12.0 Å². The van der Waals surface area contributed by atoms with E-state index in [2.05, 4.69) is 15.6 Å². The number of aliphatic carboxylic acids is 1. The molecular formula is C14H21N3O4. The Labute approximate surface area is 123 Å². The molecule has 7 nitrogen and oxygen atoms in total. The summed E-state index contributed by atoms with van der Waals surface area (Å²) in [5, 5.41) is 14.4. The molecule has 2 rings (SSSR count). The van der Waals surface area contributed by atoms with Crippen LogP contribution in [0.1, 0.15) is 37.3 Å². The number of carbonyl (C=O) groups excluding carboxylic acids is 1. The zero-order chi connectivity index (χ0) is 15.2. The number of amides is 2. The first-order valence-electron chi connectivity index (χ1n) is 7.20. The van der Waals surface area contributed by atoms with Gasteiger partial charge in [0.1, 0.15) is 5.76 Å². The predicted molar refractivity (Wildman–Crippen MR) is 74.6 cm³/mol. The molecule has 1 aliphatic carbocycles. The van der Waals surface area contributed by atoms with Crippen LogP contribution in [0.25, 0.3) is 0 Å². The molecule has 1 aromatic rings. The molecule has 0 aromatic carbocycles. The maximum atomic E-state index is 11.7. The average Bonchev–Trinajstić information content (AvgIpc) is 2.89. The van der Waals surface area contributed by atoms with Crippen LogP contribution in [-0.4, -0.2) is 28.6 Å². The van der Waals surface area contributed by atoms with Crippen LogP contribution in [0.2, 0.25) is 0 Å². The molecule has 21 heavy (non-hydrogen) atoms. The van der Waals surface area contributed by atoms with Crippen molar-refractivity contribution in [3.05, 3.63) is 17.8 Å². The molecule has 0 bridgehead atoms. The maximum absolute atomic E-state index is 11.7. The summed E-state index contributed by atoms with van der Waals surface area (Å²) in [5.74, 6) is 0.617. The zero-order valence-corrected chi connectivity index (χ0v) is 12.1. The second kappa shape index (κ2) is 7.10. The molecule has 1 fully saturated rings.